The molecule has 1 aliphatic rings. The number of ether oxygens (including phenoxy) is 1. The number of carboxylic acid groups (broad SMARTS) is 1. The minimum Gasteiger partial charge on any atom is -0.493 e. The van der Waals surface area contributed by atoms with E-state index in [4.69, 9.17) is 9.84 Å². The summed E-state index contributed by atoms with van der Waals surface area (Å²) in [5.41, 5.74) is 0.696. The van der Waals surface area contributed by atoms with Gasteiger partial charge in [-0.25, -0.2) is 0 Å². The number of aromatic nitrogens is 3. The fourth-order valence-corrected chi connectivity index (χ4v) is 3.16. The van der Waals surface area contributed by atoms with Crippen molar-refractivity contribution in [3.05, 3.63) is 42.2 Å². The van der Waals surface area contributed by atoms with Crippen molar-refractivity contribution in [2.24, 2.45) is 5.92 Å². The molecule has 2 N–H and O–H groups in total. The van der Waals surface area contributed by atoms with Crippen LogP contribution in [0.4, 0.5) is 0 Å². The normalized spacial score (nSPS) is 19.8. The molecule has 0 aliphatic carbocycles. The molecular formula is C17H20N4O4. The highest BCUT2D eigenvalue weighted by atomic mass is 16.5. The van der Waals surface area contributed by atoms with E-state index in [1.165, 1.54) is 0 Å². The Balaban J connectivity index is 1.56. The van der Waals surface area contributed by atoms with Crippen molar-refractivity contribution >= 4 is 11.9 Å². The third kappa shape index (κ3) is 4.34. The topological polar surface area (TPSA) is 108 Å². The van der Waals surface area contributed by atoms with Gasteiger partial charge in [-0.2, -0.15) is 15.4 Å². The highest BCUT2D eigenvalue weighted by Gasteiger charge is 2.38. The summed E-state index contributed by atoms with van der Waals surface area (Å²) >= 11 is 0. The van der Waals surface area contributed by atoms with Gasteiger partial charge in [0.05, 0.1) is 31.3 Å². The summed E-state index contributed by atoms with van der Waals surface area (Å²) in [6.45, 7) is 1.15. The van der Waals surface area contributed by atoms with Crippen LogP contribution in [-0.4, -0.2) is 57.0 Å². The zero-order valence-corrected chi connectivity index (χ0v) is 13.7. The second-order valence-electron chi connectivity index (χ2n) is 6.07. The molecule has 1 amide bonds. The molecule has 3 rings (SSSR count). The van der Waals surface area contributed by atoms with Crippen LogP contribution in [0.25, 0.3) is 0 Å². The number of nitrogens with one attached hydrogen (secondary N) is 1. The maximum Gasteiger partial charge on any atom is 0.303 e. The molecule has 2 heterocycles. The molecule has 0 bridgehead atoms. The molecule has 1 saturated heterocycles. The van der Waals surface area contributed by atoms with E-state index in [1.54, 1.807) is 11.1 Å². The number of carboxylic acids is 1. The molecule has 2 atom stereocenters. The molecule has 0 unspecified atom stereocenters. The molecule has 0 saturated carbocycles. The number of carbonyl (C=O) groups excluding carboxylic acids is 1. The highest BCUT2D eigenvalue weighted by molar-refractivity contribution is 5.77. The van der Waals surface area contributed by atoms with E-state index in [1.807, 2.05) is 30.3 Å². The van der Waals surface area contributed by atoms with Crippen LogP contribution >= 0.6 is 0 Å². The van der Waals surface area contributed by atoms with Crippen molar-refractivity contribution in [2.75, 3.05) is 19.7 Å². The van der Waals surface area contributed by atoms with Crippen molar-refractivity contribution in [3.8, 4) is 5.75 Å². The summed E-state index contributed by atoms with van der Waals surface area (Å²) in [7, 11) is 0. The Morgan fingerprint density at radius 2 is 2.08 bits per heavy atom. The third-order valence-corrected chi connectivity index (χ3v) is 4.37. The Morgan fingerprint density at radius 3 is 2.76 bits per heavy atom. The second kappa shape index (κ2) is 7.78. The number of hydrogen-bond donors (Lipinski definition) is 2. The molecule has 132 valence electrons. The SMILES string of the molecule is O=C(O)C[C@H]1CN(C(=O)CCOc2ccccc2)C[C@H]1c1cn[nH]n1. The van der Waals surface area contributed by atoms with Gasteiger partial charge in [0.2, 0.25) is 5.91 Å². The lowest BCUT2D eigenvalue weighted by Gasteiger charge is -2.16. The average Bonchev–Trinajstić information content (AvgIpc) is 3.24. The quantitative estimate of drug-likeness (QED) is 0.783. The monoisotopic (exact) mass is 344 g/mol. The smallest absolute Gasteiger partial charge is 0.303 e. The first-order valence-electron chi connectivity index (χ1n) is 8.16. The van der Waals surface area contributed by atoms with Crippen molar-refractivity contribution < 1.29 is 19.4 Å². The predicted molar refractivity (Wildman–Crippen MR) is 88.0 cm³/mol. The summed E-state index contributed by atoms with van der Waals surface area (Å²) in [5.74, 6) is -0.478. The summed E-state index contributed by atoms with van der Waals surface area (Å²) in [6.07, 6.45) is 1.84. The van der Waals surface area contributed by atoms with Gasteiger partial charge in [0, 0.05) is 19.0 Å². The van der Waals surface area contributed by atoms with E-state index in [2.05, 4.69) is 15.4 Å². The Kier molecular flexibility index (Phi) is 5.27. The molecule has 0 spiro atoms. The van der Waals surface area contributed by atoms with E-state index in [0.29, 0.717) is 18.8 Å². The number of amides is 1. The van der Waals surface area contributed by atoms with Gasteiger partial charge in [-0.05, 0) is 18.1 Å². The molecule has 1 aromatic heterocycles. The van der Waals surface area contributed by atoms with Gasteiger partial charge in [-0.3, -0.25) is 9.59 Å². The summed E-state index contributed by atoms with van der Waals surface area (Å²) < 4.78 is 5.56. The lowest BCUT2D eigenvalue weighted by atomic mass is 9.91. The van der Waals surface area contributed by atoms with Crippen molar-refractivity contribution in [1.82, 2.24) is 20.3 Å². The minimum atomic E-state index is -0.875. The maximum atomic E-state index is 12.4. The largest absolute Gasteiger partial charge is 0.493 e. The Morgan fingerprint density at radius 1 is 1.28 bits per heavy atom. The van der Waals surface area contributed by atoms with E-state index in [9.17, 15) is 9.59 Å². The lowest BCUT2D eigenvalue weighted by Crippen LogP contribution is -2.30. The van der Waals surface area contributed by atoms with Gasteiger partial charge in [-0.15, -0.1) is 0 Å². The van der Waals surface area contributed by atoms with Gasteiger partial charge in [-0.1, -0.05) is 18.2 Å². The predicted octanol–water partition coefficient (Wildman–Crippen LogP) is 1.29. The van der Waals surface area contributed by atoms with Crippen molar-refractivity contribution in [1.29, 1.82) is 0 Å². The Hall–Kier alpha value is -2.90. The van der Waals surface area contributed by atoms with E-state index < -0.39 is 5.97 Å². The number of carbonyl (C=O) groups is 2. The number of para-hydroxylation sites is 1. The first-order valence-corrected chi connectivity index (χ1v) is 8.16. The van der Waals surface area contributed by atoms with Crippen LogP contribution < -0.4 is 4.74 Å². The number of aromatic amines is 1. The number of rotatable bonds is 7. The summed E-state index contributed by atoms with van der Waals surface area (Å²) in [6, 6.07) is 9.32. The zero-order valence-electron chi connectivity index (χ0n) is 13.7. The van der Waals surface area contributed by atoms with Crippen LogP contribution in [0.15, 0.2) is 36.5 Å². The fourth-order valence-electron chi connectivity index (χ4n) is 3.16. The van der Waals surface area contributed by atoms with Crippen LogP contribution in [0.1, 0.15) is 24.5 Å². The van der Waals surface area contributed by atoms with E-state index >= 15 is 0 Å². The number of likely N-dealkylation sites (tertiary alicyclic amines) is 1. The molecule has 1 aliphatic heterocycles. The number of hydrogen-bond acceptors (Lipinski definition) is 5. The Bertz CT molecular complexity index is 705. The first kappa shape index (κ1) is 16.9. The minimum absolute atomic E-state index is 0.00181. The van der Waals surface area contributed by atoms with Gasteiger partial charge in [0.25, 0.3) is 0 Å². The van der Waals surface area contributed by atoms with Gasteiger partial charge >= 0.3 is 5.97 Å². The molecule has 2 aromatic rings. The maximum absolute atomic E-state index is 12.4. The zero-order chi connectivity index (χ0) is 17.6. The van der Waals surface area contributed by atoms with E-state index in [0.717, 1.165) is 5.75 Å². The summed E-state index contributed by atoms with van der Waals surface area (Å²) in [5, 5.41) is 19.5. The molecule has 25 heavy (non-hydrogen) atoms. The van der Waals surface area contributed by atoms with Gasteiger partial charge < -0.3 is 14.7 Å². The second-order valence-corrected chi connectivity index (χ2v) is 6.07. The molecule has 8 heteroatoms. The molecular weight excluding hydrogens is 324 g/mol. The molecule has 1 fully saturated rings. The van der Waals surface area contributed by atoms with Crippen molar-refractivity contribution in [3.63, 3.8) is 0 Å². The van der Waals surface area contributed by atoms with Crippen LogP contribution in [0.3, 0.4) is 0 Å². The van der Waals surface area contributed by atoms with Crippen LogP contribution in [-0.2, 0) is 9.59 Å². The fraction of sp³-hybridized carbons (Fsp3) is 0.412. The van der Waals surface area contributed by atoms with Crippen LogP contribution in [0.2, 0.25) is 0 Å². The van der Waals surface area contributed by atoms with Crippen LogP contribution in [0.5, 0.6) is 5.75 Å². The van der Waals surface area contributed by atoms with E-state index in [-0.39, 0.29) is 37.2 Å². The number of benzene rings is 1. The highest BCUT2D eigenvalue weighted by Crippen LogP contribution is 2.33. The molecule has 8 nitrogen and oxygen atoms in total. The number of aliphatic carboxylic acids is 1. The third-order valence-electron chi connectivity index (χ3n) is 4.37. The first-order chi connectivity index (χ1) is 12.1. The Labute approximate surface area is 144 Å². The number of H-pyrrole nitrogens is 1. The van der Waals surface area contributed by atoms with Gasteiger partial charge in [0.15, 0.2) is 0 Å². The van der Waals surface area contributed by atoms with Crippen molar-refractivity contribution in [2.45, 2.75) is 18.8 Å². The lowest BCUT2D eigenvalue weighted by molar-refractivity contribution is -0.138. The standard InChI is InChI=1S/C17H20N4O4/c22-16(6-7-25-13-4-2-1-3-5-13)21-10-12(8-17(23)24)14(11-21)15-9-18-20-19-15/h1-5,9,12,14H,6-8,10-11H2,(H,23,24)(H,18,19,20)/t12-,14+/m0/s1. The number of nitrogens with zero attached hydrogens (tertiary/aromatic N) is 3. The average molecular weight is 344 g/mol. The van der Waals surface area contributed by atoms with Gasteiger partial charge in [0.1, 0.15) is 5.75 Å². The van der Waals surface area contributed by atoms with Crippen LogP contribution in [0, 0.1) is 5.92 Å². The molecule has 1 aromatic carbocycles. The summed E-state index contributed by atoms with van der Waals surface area (Å²) in [4.78, 5) is 25.2. The molecule has 0 radical (unpaired) electrons.